The SMILES string of the molecule is CCOc1ccc(N2C[C@H](c3nc4ccccc4[nH]3)CC2=O)cc1. The molecule has 1 atom stereocenters. The predicted octanol–water partition coefficient (Wildman–Crippen LogP) is 3.48. The van der Waals surface area contributed by atoms with E-state index in [4.69, 9.17) is 4.74 Å². The normalized spacial score (nSPS) is 17.6. The van der Waals surface area contributed by atoms with Gasteiger partial charge in [-0.25, -0.2) is 4.98 Å². The molecule has 1 aliphatic rings. The Hall–Kier alpha value is -2.82. The van der Waals surface area contributed by atoms with Crippen molar-refractivity contribution >= 4 is 22.6 Å². The van der Waals surface area contributed by atoms with Crippen LogP contribution in [0.25, 0.3) is 11.0 Å². The lowest BCUT2D eigenvalue weighted by atomic mass is 10.1. The molecular formula is C19H19N3O2. The van der Waals surface area contributed by atoms with Gasteiger partial charge in [-0.3, -0.25) is 4.79 Å². The van der Waals surface area contributed by atoms with E-state index in [1.807, 2.05) is 60.4 Å². The molecule has 1 amide bonds. The van der Waals surface area contributed by atoms with Crippen LogP contribution in [0.2, 0.25) is 0 Å². The molecule has 1 N–H and O–H groups in total. The number of aromatic amines is 1. The van der Waals surface area contributed by atoms with Crippen LogP contribution in [0.3, 0.4) is 0 Å². The number of carbonyl (C=O) groups excluding carboxylic acids is 1. The van der Waals surface area contributed by atoms with Gasteiger partial charge in [0.25, 0.3) is 0 Å². The summed E-state index contributed by atoms with van der Waals surface area (Å²) >= 11 is 0. The minimum Gasteiger partial charge on any atom is -0.494 e. The summed E-state index contributed by atoms with van der Waals surface area (Å²) in [6, 6.07) is 15.6. The average molecular weight is 321 g/mol. The van der Waals surface area contributed by atoms with Gasteiger partial charge in [-0.15, -0.1) is 0 Å². The fourth-order valence-electron chi connectivity index (χ4n) is 3.20. The second-order valence-electron chi connectivity index (χ2n) is 5.97. The van der Waals surface area contributed by atoms with Crippen LogP contribution in [0.15, 0.2) is 48.5 Å². The van der Waals surface area contributed by atoms with Gasteiger partial charge in [0.15, 0.2) is 0 Å². The summed E-state index contributed by atoms with van der Waals surface area (Å²) in [6.45, 7) is 3.23. The molecular weight excluding hydrogens is 302 g/mol. The Morgan fingerprint density at radius 3 is 2.75 bits per heavy atom. The highest BCUT2D eigenvalue weighted by molar-refractivity contribution is 5.96. The molecule has 122 valence electrons. The van der Waals surface area contributed by atoms with E-state index in [0.29, 0.717) is 19.6 Å². The lowest BCUT2D eigenvalue weighted by Crippen LogP contribution is -2.24. The zero-order valence-electron chi connectivity index (χ0n) is 13.5. The molecule has 24 heavy (non-hydrogen) atoms. The van der Waals surface area contributed by atoms with Gasteiger partial charge >= 0.3 is 0 Å². The summed E-state index contributed by atoms with van der Waals surface area (Å²) in [5.74, 6) is 1.93. The number of para-hydroxylation sites is 2. The van der Waals surface area contributed by atoms with E-state index in [0.717, 1.165) is 28.3 Å². The molecule has 0 unspecified atom stereocenters. The summed E-state index contributed by atoms with van der Waals surface area (Å²) < 4.78 is 5.46. The highest BCUT2D eigenvalue weighted by Crippen LogP contribution is 2.32. The van der Waals surface area contributed by atoms with Crippen molar-refractivity contribution in [1.82, 2.24) is 9.97 Å². The molecule has 1 aliphatic heterocycles. The molecule has 4 rings (SSSR count). The molecule has 0 aliphatic carbocycles. The molecule has 0 spiro atoms. The fraction of sp³-hybridized carbons (Fsp3) is 0.263. The molecule has 5 heteroatoms. The Kier molecular flexibility index (Phi) is 3.69. The van der Waals surface area contributed by atoms with Crippen molar-refractivity contribution in [2.24, 2.45) is 0 Å². The minimum atomic E-state index is 0.0940. The molecule has 5 nitrogen and oxygen atoms in total. The van der Waals surface area contributed by atoms with Crippen LogP contribution in [0, 0.1) is 0 Å². The number of fused-ring (bicyclic) bond motifs is 1. The first-order valence-corrected chi connectivity index (χ1v) is 8.22. The van der Waals surface area contributed by atoms with Crippen LogP contribution >= 0.6 is 0 Å². The number of carbonyl (C=O) groups is 1. The number of nitrogens with one attached hydrogen (secondary N) is 1. The average Bonchev–Trinajstić information content (AvgIpc) is 3.19. The van der Waals surface area contributed by atoms with Crippen molar-refractivity contribution in [3.63, 3.8) is 0 Å². The highest BCUT2D eigenvalue weighted by Gasteiger charge is 2.33. The number of H-pyrrole nitrogens is 1. The van der Waals surface area contributed by atoms with E-state index in [1.54, 1.807) is 0 Å². The Bertz CT molecular complexity index is 837. The number of imidazole rings is 1. The van der Waals surface area contributed by atoms with Crippen LogP contribution < -0.4 is 9.64 Å². The number of benzene rings is 2. The Morgan fingerprint density at radius 1 is 1.21 bits per heavy atom. The van der Waals surface area contributed by atoms with Crippen molar-refractivity contribution < 1.29 is 9.53 Å². The van der Waals surface area contributed by atoms with E-state index < -0.39 is 0 Å². The number of ether oxygens (including phenoxy) is 1. The summed E-state index contributed by atoms with van der Waals surface area (Å²) in [5.41, 5.74) is 2.86. The standard InChI is InChI=1S/C19H19N3O2/c1-2-24-15-9-7-14(8-10-15)22-12-13(11-18(22)23)19-20-16-5-3-4-6-17(16)21-19/h3-10,13H,2,11-12H2,1H3,(H,20,21)/t13-/m1/s1. The Labute approximate surface area is 140 Å². The fourth-order valence-corrected chi connectivity index (χ4v) is 3.20. The van der Waals surface area contributed by atoms with Crippen LogP contribution in [-0.4, -0.2) is 29.0 Å². The Morgan fingerprint density at radius 2 is 2.00 bits per heavy atom. The largest absolute Gasteiger partial charge is 0.494 e. The van der Waals surface area contributed by atoms with Crippen LogP contribution in [-0.2, 0) is 4.79 Å². The number of amides is 1. The number of anilines is 1. The maximum atomic E-state index is 12.4. The van der Waals surface area contributed by atoms with Gasteiger partial charge in [-0.05, 0) is 43.3 Å². The molecule has 0 saturated carbocycles. The molecule has 3 aromatic rings. The summed E-state index contributed by atoms with van der Waals surface area (Å²) in [4.78, 5) is 22.3. The van der Waals surface area contributed by atoms with Crippen LogP contribution in [0.4, 0.5) is 5.69 Å². The third kappa shape index (κ3) is 2.62. The number of aromatic nitrogens is 2. The lowest BCUT2D eigenvalue weighted by Gasteiger charge is -2.16. The second-order valence-corrected chi connectivity index (χ2v) is 5.97. The van der Waals surface area contributed by atoms with E-state index >= 15 is 0 Å². The van der Waals surface area contributed by atoms with Gasteiger partial charge < -0.3 is 14.6 Å². The molecule has 1 aromatic heterocycles. The van der Waals surface area contributed by atoms with Crippen molar-refractivity contribution in [2.45, 2.75) is 19.3 Å². The molecule has 2 heterocycles. The van der Waals surface area contributed by atoms with Crippen LogP contribution in [0.5, 0.6) is 5.75 Å². The Balaban J connectivity index is 1.56. The molecule has 2 aromatic carbocycles. The third-order valence-corrected chi connectivity index (χ3v) is 4.38. The van der Waals surface area contributed by atoms with Crippen molar-refractivity contribution in [2.75, 3.05) is 18.1 Å². The van der Waals surface area contributed by atoms with Crippen molar-refractivity contribution in [1.29, 1.82) is 0 Å². The molecule has 1 saturated heterocycles. The van der Waals surface area contributed by atoms with Gasteiger partial charge in [0.05, 0.1) is 17.6 Å². The molecule has 0 radical (unpaired) electrons. The zero-order chi connectivity index (χ0) is 16.5. The summed E-state index contributed by atoms with van der Waals surface area (Å²) in [6.07, 6.45) is 0.479. The monoisotopic (exact) mass is 321 g/mol. The maximum absolute atomic E-state index is 12.4. The minimum absolute atomic E-state index is 0.0940. The number of hydrogen-bond acceptors (Lipinski definition) is 3. The number of nitrogens with zero attached hydrogens (tertiary/aromatic N) is 2. The first-order valence-electron chi connectivity index (χ1n) is 8.22. The number of rotatable bonds is 4. The predicted molar refractivity (Wildman–Crippen MR) is 93.4 cm³/mol. The van der Waals surface area contributed by atoms with Gasteiger partial charge in [-0.1, -0.05) is 12.1 Å². The van der Waals surface area contributed by atoms with E-state index in [-0.39, 0.29) is 11.8 Å². The van der Waals surface area contributed by atoms with E-state index in [1.165, 1.54) is 0 Å². The van der Waals surface area contributed by atoms with Crippen molar-refractivity contribution in [3.05, 3.63) is 54.4 Å². The molecule has 0 bridgehead atoms. The van der Waals surface area contributed by atoms with Gasteiger partial charge in [0.1, 0.15) is 11.6 Å². The quantitative estimate of drug-likeness (QED) is 0.800. The van der Waals surface area contributed by atoms with E-state index in [2.05, 4.69) is 9.97 Å². The second kappa shape index (κ2) is 6.00. The van der Waals surface area contributed by atoms with Gasteiger partial charge in [-0.2, -0.15) is 0 Å². The number of hydrogen-bond donors (Lipinski definition) is 1. The van der Waals surface area contributed by atoms with Crippen LogP contribution in [0.1, 0.15) is 25.1 Å². The zero-order valence-corrected chi connectivity index (χ0v) is 13.5. The molecule has 1 fully saturated rings. The topological polar surface area (TPSA) is 58.2 Å². The van der Waals surface area contributed by atoms with Crippen molar-refractivity contribution in [3.8, 4) is 5.75 Å². The highest BCUT2D eigenvalue weighted by atomic mass is 16.5. The van der Waals surface area contributed by atoms with Gasteiger partial charge in [0.2, 0.25) is 5.91 Å². The van der Waals surface area contributed by atoms with E-state index in [9.17, 15) is 4.79 Å². The van der Waals surface area contributed by atoms with Gasteiger partial charge in [0, 0.05) is 24.6 Å². The smallest absolute Gasteiger partial charge is 0.227 e. The first kappa shape index (κ1) is 14.8. The lowest BCUT2D eigenvalue weighted by molar-refractivity contribution is -0.117. The maximum Gasteiger partial charge on any atom is 0.227 e. The first-order chi connectivity index (χ1) is 11.7. The third-order valence-electron chi connectivity index (χ3n) is 4.38. The summed E-state index contributed by atoms with van der Waals surface area (Å²) in [5, 5.41) is 0. The summed E-state index contributed by atoms with van der Waals surface area (Å²) in [7, 11) is 0.